The fourth-order valence-corrected chi connectivity index (χ4v) is 1.66. The first-order chi connectivity index (χ1) is 11.1. The number of carbonyl (C=O) groups excluding carboxylic acids is 1. The number of aliphatic imine (C=N–C) groups is 1. The number of amides is 1. The first kappa shape index (κ1) is 16.0. The van der Waals surface area contributed by atoms with Gasteiger partial charge in [-0.3, -0.25) is 4.79 Å². The summed E-state index contributed by atoms with van der Waals surface area (Å²) >= 11 is 0. The van der Waals surface area contributed by atoms with Gasteiger partial charge in [-0.15, -0.1) is 0 Å². The summed E-state index contributed by atoms with van der Waals surface area (Å²) in [6, 6.07) is 3.62. The Hall–Kier alpha value is -3.35. The van der Waals surface area contributed by atoms with Crippen LogP contribution in [0.2, 0.25) is 0 Å². The van der Waals surface area contributed by atoms with Crippen molar-refractivity contribution in [3.63, 3.8) is 0 Å². The van der Waals surface area contributed by atoms with Gasteiger partial charge >= 0.3 is 0 Å². The lowest BCUT2D eigenvalue weighted by molar-refractivity contribution is 0.0964. The lowest BCUT2D eigenvalue weighted by Gasteiger charge is -2.08. The van der Waals surface area contributed by atoms with E-state index in [1.54, 1.807) is 0 Å². The van der Waals surface area contributed by atoms with Crippen molar-refractivity contribution in [1.82, 2.24) is 15.3 Å². The summed E-state index contributed by atoms with van der Waals surface area (Å²) in [5, 5.41) is 2.48. The quantitative estimate of drug-likeness (QED) is 0.656. The van der Waals surface area contributed by atoms with Gasteiger partial charge in [-0.05, 0) is 24.9 Å². The lowest BCUT2D eigenvalue weighted by atomic mass is 10.2. The Morgan fingerprint density at radius 2 is 2.04 bits per heavy atom. The fourth-order valence-electron chi connectivity index (χ4n) is 1.66. The zero-order valence-corrected chi connectivity index (χ0v) is 12.1. The van der Waals surface area contributed by atoms with Crippen molar-refractivity contribution >= 4 is 12.6 Å². The van der Waals surface area contributed by atoms with Crippen LogP contribution in [0.4, 0.5) is 4.39 Å². The van der Waals surface area contributed by atoms with E-state index in [2.05, 4.69) is 33.6 Å². The third-order valence-electron chi connectivity index (χ3n) is 2.59. The number of allylic oxidation sites excluding steroid dienone is 2. The topological polar surface area (TPSA) is 76.5 Å². The second-order valence-corrected chi connectivity index (χ2v) is 4.25. The maximum Gasteiger partial charge on any atom is 0.257 e. The molecule has 0 saturated carbocycles. The van der Waals surface area contributed by atoms with Crippen LogP contribution in [0.15, 0.2) is 66.5 Å². The largest absolute Gasteiger partial charge is 0.454 e. The van der Waals surface area contributed by atoms with Gasteiger partial charge in [0.25, 0.3) is 5.91 Å². The molecule has 2 aromatic rings. The molecule has 1 heterocycles. The van der Waals surface area contributed by atoms with Crippen LogP contribution < -0.4 is 10.1 Å². The number of hydrogen-bond donors (Lipinski definition) is 1. The maximum atomic E-state index is 13.7. The highest BCUT2D eigenvalue weighted by molar-refractivity contribution is 5.95. The van der Waals surface area contributed by atoms with Crippen LogP contribution in [0.5, 0.6) is 11.5 Å². The molecule has 7 heteroatoms. The average molecular weight is 314 g/mol. The Morgan fingerprint density at radius 1 is 1.30 bits per heavy atom. The molecular weight excluding hydrogens is 299 g/mol. The summed E-state index contributed by atoms with van der Waals surface area (Å²) in [7, 11) is 0. The molecule has 23 heavy (non-hydrogen) atoms. The zero-order valence-electron chi connectivity index (χ0n) is 12.1. The predicted octanol–water partition coefficient (Wildman–Crippen LogP) is 3.11. The van der Waals surface area contributed by atoms with Crippen molar-refractivity contribution in [2.75, 3.05) is 0 Å². The summed E-state index contributed by atoms with van der Waals surface area (Å²) in [4.78, 5) is 23.3. The number of aromatic nitrogens is 2. The smallest absolute Gasteiger partial charge is 0.257 e. The van der Waals surface area contributed by atoms with Crippen LogP contribution in [0.25, 0.3) is 0 Å². The summed E-state index contributed by atoms with van der Waals surface area (Å²) < 4.78 is 19.1. The van der Waals surface area contributed by atoms with Gasteiger partial charge in [0, 0.05) is 13.1 Å². The van der Waals surface area contributed by atoms with Gasteiger partial charge in [-0.25, -0.2) is 19.4 Å². The van der Waals surface area contributed by atoms with Gasteiger partial charge < -0.3 is 10.1 Å². The molecule has 0 aliphatic rings. The SMILES string of the molecule is C=C/C=C(\N=C)NC(=O)c1cc(F)cc(Oc2cncnc2)c1.[HH]. The molecule has 1 N–H and O–H groups in total. The van der Waals surface area contributed by atoms with Crippen molar-refractivity contribution in [3.05, 3.63) is 72.9 Å². The fraction of sp³-hybridized carbons (Fsp3) is 0. The highest BCUT2D eigenvalue weighted by Crippen LogP contribution is 2.22. The summed E-state index contributed by atoms with van der Waals surface area (Å²) in [5.74, 6) is -0.507. The van der Waals surface area contributed by atoms with E-state index < -0.39 is 11.7 Å². The number of rotatable bonds is 6. The highest BCUT2D eigenvalue weighted by atomic mass is 19.1. The number of halogens is 1. The number of ether oxygens (including phenoxy) is 1. The Morgan fingerprint density at radius 3 is 2.70 bits per heavy atom. The predicted molar refractivity (Wildman–Crippen MR) is 85.9 cm³/mol. The van der Waals surface area contributed by atoms with E-state index >= 15 is 0 Å². The van der Waals surface area contributed by atoms with Crippen molar-refractivity contribution in [3.8, 4) is 11.5 Å². The first-order valence-corrected chi connectivity index (χ1v) is 6.46. The Bertz CT molecular complexity index is 766. The van der Waals surface area contributed by atoms with Crippen molar-refractivity contribution < 1.29 is 15.3 Å². The molecule has 118 valence electrons. The van der Waals surface area contributed by atoms with E-state index in [9.17, 15) is 9.18 Å². The van der Waals surface area contributed by atoms with Crippen LogP contribution in [0.3, 0.4) is 0 Å². The van der Waals surface area contributed by atoms with Gasteiger partial charge in [-0.1, -0.05) is 12.7 Å². The molecule has 0 fully saturated rings. The standard InChI is InChI=1S/C16H13FN4O2.H2/c1-3-4-15(18-2)21-16(22)11-5-12(17)7-13(6-11)23-14-8-19-10-20-9-14;/h3-10H,1-2H2,(H,21,22);1H/b15-4+;. The molecular formula is C16H15FN4O2. The minimum Gasteiger partial charge on any atom is -0.454 e. The number of benzene rings is 1. The third-order valence-corrected chi connectivity index (χ3v) is 2.59. The number of carbonyl (C=O) groups is 1. The van der Waals surface area contributed by atoms with E-state index in [0.717, 1.165) is 12.1 Å². The van der Waals surface area contributed by atoms with Gasteiger partial charge in [0.15, 0.2) is 5.75 Å². The zero-order chi connectivity index (χ0) is 16.7. The average Bonchev–Trinajstić information content (AvgIpc) is 2.54. The molecule has 1 aromatic carbocycles. The molecule has 1 aromatic heterocycles. The molecule has 0 unspecified atom stereocenters. The molecule has 6 nitrogen and oxygen atoms in total. The van der Waals surface area contributed by atoms with Crippen molar-refractivity contribution in [2.24, 2.45) is 4.99 Å². The van der Waals surface area contributed by atoms with Crippen molar-refractivity contribution in [1.29, 1.82) is 0 Å². The maximum absolute atomic E-state index is 13.7. The van der Waals surface area contributed by atoms with E-state index in [4.69, 9.17) is 4.74 Å². The summed E-state index contributed by atoms with van der Waals surface area (Å²) in [5.41, 5.74) is 0.0652. The van der Waals surface area contributed by atoms with Gasteiger partial charge in [-0.2, -0.15) is 0 Å². The minimum atomic E-state index is -0.620. The van der Waals surface area contributed by atoms with E-state index in [0.29, 0.717) is 5.75 Å². The number of nitrogens with zero attached hydrogens (tertiary/aromatic N) is 3. The lowest BCUT2D eigenvalue weighted by Crippen LogP contribution is -2.21. The van der Waals surface area contributed by atoms with Crippen LogP contribution in [0.1, 0.15) is 11.8 Å². The molecule has 0 aliphatic heterocycles. The highest BCUT2D eigenvalue weighted by Gasteiger charge is 2.11. The van der Waals surface area contributed by atoms with E-state index in [1.807, 2.05) is 0 Å². The number of hydrogen-bond acceptors (Lipinski definition) is 5. The van der Waals surface area contributed by atoms with Gasteiger partial charge in [0.1, 0.15) is 23.7 Å². The van der Waals surface area contributed by atoms with Gasteiger partial charge in [0.05, 0.1) is 12.4 Å². The number of nitrogens with one attached hydrogen (secondary N) is 1. The molecule has 0 radical (unpaired) electrons. The third kappa shape index (κ3) is 4.57. The molecule has 1 amide bonds. The molecule has 0 atom stereocenters. The van der Waals surface area contributed by atoms with E-state index in [-0.39, 0.29) is 18.6 Å². The minimum absolute atomic E-state index is 0. The van der Waals surface area contributed by atoms with Crippen LogP contribution in [-0.2, 0) is 0 Å². The Labute approximate surface area is 133 Å². The first-order valence-electron chi connectivity index (χ1n) is 6.46. The summed E-state index contributed by atoms with van der Waals surface area (Å²) in [6.07, 6.45) is 7.09. The Kier molecular flexibility index (Phi) is 5.30. The van der Waals surface area contributed by atoms with E-state index in [1.165, 1.54) is 36.9 Å². The van der Waals surface area contributed by atoms with Crippen molar-refractivity contribution in [2.45, 2.75) is 0 Å². The normalized spacial score (nSPS) is 10.7. The van der Waals surface area contributed by atoms with Gasteiger partial charge in [0.2, 0.25) is 0 Å². The molecule has 0 spiro atoms. The second kappa shape index (κ2) is 7.60. The Balaban J connectivity index is 0.00000288. The van der Waals surface area contributed by atoms with Crippen LogP contribution >= 0.6 is 0 Å². The molecule has 0 bridgehead atoms. The van der Waals surface area contributed by atoms with Crippen LogP contribution in [-0.4, -0.2) is 22.6 Å². The second-order valence-electron chi connectivity index (χ2n) is 4.25. The molecule has 0 aliphatic carbocycles. The molecule has 2 rings (SSSR count). The monoisotopic (exact) mass is 314 g/mol. The van der Waals surface area contributed by atoms with Crippen LogP contribution in [0, 0.1) is 5.82 Å². The molecule has 0 saturated heterocycles. The summed E-state index contributed by atoms with van der Waals surface area (Å²) in [6.45, 7) is 6.82.